The van der Waals surface area contributed by atoms with E-state index >= 15 is 0 Å². The quantitative estimate of drug-likeness (QED) is 0.676. The van der Waals surface area contributed by atoms with Gasteiger partial charge in [0.25, 0.3) is 0 Å². The summed E-state index contributed by atoms with van der Waals surface area (Å²) in [5, 5.41) is 6.38. The number of unbranched alkanes of at least 4 members (excludes halogenated alkanes) is 2. The van der Waals surface area contributed by atoms with E-state index in [1.54, 1.807) is 12.1 Å². The zero-order chi connectivity index (χ0) is 16.4. The maximum Gasteiger partial charge on any atom is 0.221 e. The fraction of sp³-hybridized carbons (Fsp3) is 0.529. The molecule has 1 rings (SSSR count). The SMILES string of the molecule is CCCCC(=O)NC(NC(=O)CCCC)c1ccc(Cl)cc1. The normalized spacial score (nSPS) is 10.5. The molecule has 0 bridgehead atoms. The minimum atomic E-state index is -0.508. The maximum atomic E-state index is 12.0. The molecule has 2 N–H and O–H groups in total. The van der Waals surface area contributed by atoms with Crippen LogP contribution in [0.5, 0.6) is 0 Å². The molecule has 0 radical (unpaired) electrons. The first-order chi connectivity index (χ1) is 10.6. The van der Waals surface area contributed by atoms with Crippen molar-refractivity contribution >= 4 is 23.4 Å². The second-order valence-corrected chi connectivity index (χ2v) is 5.76. The van der Waals surface area contributed by atoms with Crippen LogP contribution < -0.4 is 10.6 Å². The van der Waals surface area contributed by atoms with E-state index in [0.29, 0.717) is 17.9 Å². The highest BCUT2D eigenvalue weighted by atomic mass is 35.5. The zero-order valence-electron chi connectivity index (χ0n) is 13.3. The molecule has 22 heavy (non-hydrogen) atoms. The van der Waals surface area contributed by atoms with Crippen molar-refractivity contribution in [1.29, 1.82) is 0 Å². The zero-order valence-corrected chi connectivity index (χ0v) is 14.1. The van der Waals surface area contributed by atoms with Crippen molar-refractivity contribution in [1.82, 2.24) is 10.6 Å². The van der Waals surface area contributed by atoms with Gasteiger partial charge in [0.2, 0.25) is 11.8 Å². The molecule has 2 amide bonds. The van der Waals surface area contributed by atoms with Gasteiger partial charge in [0.15, 0.2) is 0 Å². The summed E-state index contributed by atoms with van der Waals surface area (Å²) in [5.41, 5.74) is 0.819. The molecule has 0 aliphatic rings. The van der Waals surface area contributed by atoms with Crippen LogP contribution in [0, 0.1) is 0 Å². The molecule has 0 spiro atoms. The van der Waals surface area contributed by atoms with E-state index in [2.05, 4.69) is 10.6 Å². The summed E-state index contributed by atoms with van der Waals surface area (Å²) in [6.07, 6.45) is 4.01. The first-order valence-electron chi connectivity index (χ1n) is 7.91. The fourth-order valence-electron chi connectivity index (χ4n) is 2.00. The Morgan fingerprint density at radius 3 is 1.82 bits per heavy atom. The number of halogens is 1. The van der Waals surface area contributed by atoms with Crippen molar-refractivity contribution in [2.24, 2.45) is 0 Å². The van der Waals surface area contributed by atoms with Crippen LogP contribution in [0.3, 0.4) is 0 Å². The molecule has 0 saturated carbocycles. The maximum absolute atomic E-state index is 12.0. The van der Waals surface area contributed by atoms with Crippen LogP contribution in [0.4, 0.5) is 0 Å². The molecule has 0 fully saturated rings. The van der Waals surface area contributed by atoms with E-state index in [-0.39, 0.29) is 11.8 Å². The van der Waals surface area contributed by atoms with Crippen molar-refractivity contribution in [3.05, 3.63) is 34.9 Å². The number of nitrogens with one attached hydrogen (secondary N) is 2. The summed E-state index contributed by atoms with van der Waals surface area (Å²) in [5.74, 6) is -0.116. The lowest BCUT2D eigenvalue weighted by Gasteiger charge is -2.21. The lowest BCUT2D eigenvalue weighted by molar-refractivity contribution is -0.124. The van der Waals surface area contributed by atoms with E-state index in [9.17, 15) is 9.59 Å². The van der Waals surface area contributed by atoms with Gasteiger partial charge in [-0.25, -0.2) is 0 Å². The lowest BCUT2D eigenvalue weighted by Crippen LogP contribution is -2.41. The average molecular weight is 325 g/mol. The molecule has 0 heterocycles. The standard InChI is InChI=1S/C17H25ClN2O2/c1-3-5-7-15(21)19-17(20-16(22)8-6-4-2)13-9-11-14(18)12-10-13/h9-12,17H,3-8H2,1-2H3,(H,19,21)(H,20,22). The molecule has 0 aliphatic heterocycles. The second-order valence-electron chi connectivity index (χ2n) is 5.33. The first kappa shape index (κ1) is 18.5. The molecule has 0 unspecified atom stereocenters. The Bertz CT molecular complexity index is 452. The molecule has 4 nitrogen and oxygen atoms in total. The Labute approximate surface area is 137 Å². The third-order valence-electron chi connectivity index (χ3n) is 3.33. The Hall–Kier alpha value is -1.55. The number of carbonyl (C=O) groups excluding carboxylic acids is 2. The van der Waals surface area contributed by atoms with Crippen molar-refractivity contribution < 1.29 is 9.59 Å². The Balaban J connectivity index is 2.73. The largest absolute Gasteiger partial charge is 0.332 e. The molecular formula is C17H25ClN2O2. The molecule has 5 heteroatoms. The van der Waals surface area contributed by atoms with E-state index in [4.69, 9.17) is 11.6 Å². The summed E-state index contributed by atoms with van der Waals surface area (Å²) >= 11 is 5.89. The van der Waals surface area contributed by atoms with Crippen LogP contribution in [0.1, 0.15) is 64.1 Å². The first-order valence-corrected chi connectivity index (χ1v) is 8.28. The van der Waals surface area contributed by atoms with Crippen LogP contribution in [0.15, 0.2) is 24.3 Å². The number of amides is 2. The predicted octanol–water partition coefficient (Wildman–Crippen LogP) is 3.95. The van der Waals surface area contributed by atoms with Gasteiger partial charge in [-0.1, -0.05) is 50.4 Å². The average Bonchev–Trinajstić information content (AvgIpc) is 2.51. The van der Waals surface area contributed by atoms with Crippen LogP contribution in [-0.4, -0.2) is 11.8 Å². The van der Waals surface area contributed by atoms with Crippen molar-refractivity contribution in [3.8, 4) is 0 Å². The smallest absolute Gasteiger partial charge is 0.221 e. The highest BCUT2D eigenvalue weighted by Crippen LogP contribution is 2.15. The lowest BCUT2D eigenvalue weighted by atomic mass is 10.1. The topological polar surface area (TPSA) is 58.2 Å². The minimum Gasteiger partial charge on any atom is -0.332 e. The van der Waals surface area contributed by atoms with E-state index < -0.39 is 6.17 Å². The van der Waals surface area contributed by atoms with Gasteiger partial charge in [-0.2, -0.15) is 0 Å². The van der Waals surface area contributed by atoms with Gasteiger partial charge >= 0.3 is 0 Å². The van der Waals surface area contributed by atoms with Crippen LogP contribution in [0.2, 0.25) is 5.02 Å². The molecular weight excluding hydrogens is 300 g/mol. The second kappa shape index (κ2) is 10.2. The molecule has 1 aromatic rings. The third kappa shape index (κ3) is 6.94. The Kier molecular flexibility index (Phi) is 8.60. The number of rotatable bonds is 9. The summed E-state index contributed by atoms with van der Waals surface area (Å²) in [6.45, 7) is 4.08. The number of benzene rings is 1. The fourth-order valence-corrected chi connectivity index (χ4v) is 2.12. The van der Waals surface area contributed by atoms with Gasteiger partial charge in [0, 0.05) is 17.9 Å². The van der Waals surface area contributed by atoms with Crippen molar-refractivity contribution in [2.45, 2.75) is 58.5 Å². The highest BCUT2D eigenvalue weighted by molar-refractivity contribution is 6.30. The van der Waals surface area contributed by atoms with Crippen LogP contribution in [-0.2, 0) is 9.59 Å². The summed E-state index contributed by atoms with van der Waals surface area (Å²) in [4.78, 5) is 23.9. The Morgan fingerprint density at radius 1 is 0.955 bits per heavy atom. The van der Waals surface area contributed by atoms with Gasteiger partial charge in [-0.15, -0.1) is 0 Å². The van der Waals surface area contributed by atoms with Crippen LogP contribution >= 0.6 is 11.6 Å². The summed E-state index contributed by atoms with van der Waals surface area (Å²) < 4.78 is 0. The highest BCUT2D eigenvalue weighted by Gasteiger charge is 2.16. The van der Waals surface area contributed by atoms with Crippen molar-refractivity contribution in [3.63, 3.8) is 0 Å². The third-order valence-corrected chi connectivity index (χ3v) is 3.58. The molecule has 0 atom stereocenters. The number of carbonyl (C=O) groups is 2. The van der Waals surface area contributed by atoms with Gasteiger partial charge in [-0.05, 0) is 30.5 Å². The number of hydrogen-bond donors (Lipinski definition) is 2. The molecule has 0 saturated heterocycles. The molecule has 122 valence electrons. The van der Waals surface area contributed by atoms with E-state index in [1.807, 2.05) is 26.0 Å². The number of hydrogen-bond acceptors (Lipinski definition) is 2. The van der Waals surface area contributed by atoms with Gasteiger partial charge in [0.1, 0.15) is 6.17 Å². The monoisotopic (exact) mass is 324 g/mol. The van der Waals surface area contributed by atoms with E-state index in [1.165, 1.54) is 0 Å². The van der Waals surface area contributed by atoms with Gasteiger partial charge in [0.05, 0.1) is 0 Å². The van der Waals surface area contributed by atoms with Crippen LogP contribution in [0.25, 0.3) is 0 Å². The van der Waals surface area contributed by atoms with Gasteiger partial charge < -0.3 is 10.6 Å². The predicted molar refractivity (Wildman–Crippen MR) is 89.5 cm³/mol. The summed E-state index contributed by atoms with van der Waals surface area (Å²) in [6, 6.07) is 7.13. The molecule has 0 aliphatic carbocycles. The summed E-state index contributed by atoms with van der Waals surface area (Å²) in [7, 11) is 0. The minimum absolute atomic E-state index is 0.0578. The van der Waals surface area contributed by atoms with Gasteiger partial charge in [-0.3, -0.25) is 9.59 Å². The molecule has 1 aromatic carbocycles. The molecule has 0 aromatic heterocycles. The Morgan fingerprint density at radius 2 is 1.41 bits per heavy atom. The van der Waals surface area contributed by atoms with E-state index in [0.717, 1.165) is 31.2 Å². The van der Waals surface area contributed by atoms with Crippen molar-refractivity contribution in [2.75, 3.05) is 0 Å².